The average molecular weight is 423 g/mol. The molecule has 0 radical (unpaired) electrons. The van der Waals surface area contributed by atoms with Crippen LogP contribution in [0.5, 0.6) is 0 Å². The summed E-state index contributed by atoms with van der Waals surface area (Å²) in [5.74, 6) is -0.00336. The highest BCUT2D eigenvalue weighted by molar-refractivity contribution is 5.94. The SMILES string of the molecule is CCC(c1nc2ccccc2c(=O)n1CC)N1CCN(C(=O)c2ccccc2F)CC1. The van der Waals surface area contributed by atoms with E-state index in [0.717, 1.165) is 12.2 Å². The van der Waals surface area contributed by atoms with Crippen LogP contribution in [0.25, 0.3) is 10.9 Å². The molecule has 0 N–H and O–H groups in total. The zero-order chi connectivity index (χ0) is 22.0. The van der Waals surface area contributed by atoms with Crippen LogP contribution in [-0.4, -0.2) is 51.4 Å². The predicted octanol–water partition coefficient (Wildman–Crippen LogP) is 3.46. The number of amides is 1. The molecular formula is C24H27FN4O2. The minimum Gasteiger partial charge on any atom is -0.336 e. The highest BCUT2D eigenvalue weighted by Crippen LogP contribution is 2.25. The van der Waals surface area contributed by atoms with E-state index in [4.69, 9.17) is 4.98 Å². The lowest BCUT2D eigenvalue weighted by molar-refractivity contribution is 0.0545. The van der Waals surface area contributed by atoms with Gasteiger partial charge in [-0.15, -0.1) is 0 Å². The van der Waals surface area contributed by atoms with Gasteiger partial charge >= 0.3 is 0 Å². The summed E-state index contributed by atoms with van der Waals surface area (Å²) in [6.45, 7) is 6.90. The Balaban J connectivity index is 1.57. The Morgan fingerprint density at radius 3 is 2.39 bits per heavy atom. The van der Waals surface area contributed by atoms with E-state index >= 15 is 0 Å². The highest BCUT2D eigenvalue weighted by atomic mass is 19.1. The summed E-state index contributed by atoms with van der Waals surface area (Å²) in [5, 5.41) is 0.628. The van der Waals surface area contributed by atoms with Gasteiger partial charge in [-0.1, -0.05) is 31.2 Å². The fourth-order valence-electron chi connectivity index (χ4n) is 4.39. The van der Waals surface area contributed by atoms with Crippen LogP contribution in [0, 0.1) is 5.82 Å². The van der Waals surface area contributed by atoms with Crippen molar-refractivity contribution in [3.63, 3.8) is 0 Å². The number of carbonyl (C=O) groups is 1. The molecule has 31 heavy (non-hydrogen) atoms. The molecule has 1 aliphatic heterocycles. The van der Waals surface area contributed by atoms with E-state index in [-0.39, 0.29) is 23.1 Å². The smallest absolute Gasteiger partial charge is 0.261 e. The number of piperazine rings is 1. The number of benzene rings is 2. The van der Waals surface area contributed by atoms with Crippen LogP contribution in [0.15, 0.2) is 53.3 Å². The minimum absolute atomic E-state index is 0.0186. The van der Waals surface area contributed by atoms with Crippen LogP contribution in [0.3, 0.4) is 0 Å². The van der Waals surface area contributed by atoms with Crippen LogP contribution in [0.2, 0.25) is 0 Å². The Morgan fingerprint density at radius 1 is 1.03 bits per heavy atom. The topological polar surface area (TPSA) is 58.4 Å². The van der Waals surface area contributed by atoms with Gasteiger partial charge in [-0.05, 0) is 37.6 Å². The summed E-state index contributed by atoms with van der Waals surface area (Å²) in [7, 11) is 0. The molecule has 1 fully saturated rings. The molecule has 1 amide bonds. The molecule has 0 saturated carbocycles. The normalized spacial score (nSPS) is 15.9. The Bertz CT molecular complexity index is 1150. The van der Waals surface area contributed by atoms with Crippen molar-refractivity contribution in [3.8, 4) is 0 Å². The molecule has 7 heteroatoms. The molecule has 0 spiro atoms. The van der Waals surface area contributed by atoms with Crippen molar-refractivity contribution in [1.82, 2.24) is 19.4 Å². The van der Waals surface area contributed by atoms with Crippen LogP contribution >= 0.6 is 0 Å². The maximum absolute atomic E-state index is 14.0. The lowest BCUT2D eigenvalue weighted by atomic mass is 10.1. The number of fused-ring (bicyclic) bond motifs is 1. The van der Waals surface area contributed by atoms with E-state index in [9.17, 15) is 14.0 Å². The van der Waals surface area contributed by atoms with Crippen LogP contribution in [0.4, 0.5) is 4.39 Å². The Kier molecular flexibility index (Phi) is 6.13. The van der Waals surface area contributed by atoms with Crippen molar-refractivity contribution in [2.45, 2.75) is 32.9 Å². The third kappa shape index (κ3) is 3.97. The van der Waals surface area contributed by atoms with E-state index in [1.807, 2.05) is 31.2 Å². The Hall–Kier alpha value is -3.06. The number of halogens is 1. The van der Waals surface area contributed by atoms with Crippen molar-refractivity contribution in [2.24, 2.45) is 0 Å². The summed E-state index contributed by atoms with van der Waals surface area (Å²) in [6.07, 6.45) is 0.798. The summed E-state index contributed by atoms with van der Waals surface area (Å²) in [5.41, 5.74) is 0.799. The zero-order valence-corrected chi connectivity index (χ0v) is 17.9. The van der Waals surface area contributed by atoms with Gasteiger partial charge in [0.05, 0.1) is 22.5 Å². The molecule has 1 aromatic heterocycles. The molecule has 2 aromatic carbocycles. The Labute approximate surface area is 180 Å². The van der Waals surface area contributed by atoms with Gasteiger partial charge in [-0.25, -0.2) is 9.37 Å². The third-order valence-electron chi connectivity index (χ3n) is 6.04. The maximum Gasteiger partial charge on any atom is 0.261 e. The molecule has 162 valence electrons. The molecule has 2 heterocycles. The first-order chi connectivity index (χ1) is 15.0. The molecule has 1 saturated heterocycles. The third-order valence-corrected chi connectivity index (χ3v) is 6.04. The fourth-order valence-corrected chi connectivity index (χ4v) is 4.39. The summed E-state index contributed by atoms with van der Waals surface area (Å²) in [4.78, 5) is 34.6. The Morgan fingerprint density at radius 2 is 1.71 bits per heavy atom. The van der Waals surface area contributed by atoms with Gasteiger partial charge in [0.15, 0.2) is 0 Å². The zero-order valence-electron chi connectivity index (χ0n) is 17.9. The second kappa shape index (κ2) is 8.98. The largest absolute Gasteiger partial charge is 0.336 e. The van der Waals surface area contributed by atoms with Crippen LogP contribution in [-0.2, 0) is 6.54 Å². The monoisotopic (exact) mass is 422 g/mol. The highest BCUT2D eigenvalue weighted by Gasteiger charge is 2.30. The number of carbonyl (C=O) groups excluding carboxylic acids is 1. The van der Waals surface area contributed by atoms with E-state index in [1.165, 1.54) is 12.1 Å². The van der Waals surface area contributed by atoms with Crippen LogP contribution in [0.1, 0.15) is 42.5 Å². The van der Waals surface area contributed by atoms with Crippen LogP contribution < -0.4 is 5.56 Å². The lowest BCUT2D eigenvalue weighted by Gasteiger charge is -2.39. The first-order valence-corrected chi connectivity index (χ1v) is 10.8. The molecule has 1 atom stereocenters. The lowest BCUT2D eigenvalue weighted by Crippen LogP contribution is -2.50. The van der Waals surface area contributed by atoms with Crippen molar-refractivity contribution in [3.05, 3.63) is 76.1 Å². The quantitative estimate of drug-likeness (QED) is 0.632. The second-order valence-corrected chi connectivity index (χ2v) is 7.77. The molecule has 1 unspecified atom stereocenters. The van der Waals surface area contributed by atoms with E-state index in [0.29, 0.717) is 43.6 Å². The van der Waals surface area contributed by atoms with Crippen molar-refractivity contribution < 1.29 is 9.18 Å². The summed E-state index contributed by atoms with van der Waals surface area (Å²) >= 11 is 0. The number of hydrogen-bond acceptors (Lipinski definition) is 4. The number of hydrogen-bond donors (Lipinski definition) is 0. The molecular weight excluding hydrogens is 395 g/mol. The number of nitrogens with zero attached hydrogens (tertiary/aromatic N) is 4. The average Bonchev–Trinajstić information content (AvgIpc) is 2.80. The molecule has 0 bridgehead atoms. The van der Waals surface area contributed by atoms with E-state index in [2.05, 4.69) is 11.8 Å². The minimum atomic E-state index is -0.492. The fraction of sp³-hybridized carbons (Fsp3) is 0.375. The van der Waals surface area contributed by atoms with Crippen molar-refractivity contribution in [1.29, 1.82) is 0 Å². The number of rotatable bonds is 5. The van der Waals surface area contributed by atoms with Crippen molar-refractivity contribution >= 4 is 16.8 Å². The summed E-state index contributed by atoms with van der Waals surface area (Å²) in [6, 6.07) is 13.5. The van der Waals surface area contributed by atoms with E-state index < -0.39 is 5.82 Å². The molecule has 1 aliphatic rings. The molecule has 6 nitrogen and oxygen atoms in total. The number of aromatic nitrogens is 2. The second-order valence-electron chi connectivity index (χ2n) is 7.77. The molecule has 3 aromatic rings. The predicted molar refractivity (Wildman–Crippen MR) is 119 cm³/mol. The van der Waals surface area contributed by atoms with Gasteiger partial charge in [0.2, 0.25) is 0 Å². The van der Waals surface area contributed by atoms with Gasteiger partial charge < -0.3 is 4.90 Å². The molecule has 4 rings (SSSR count). The standard InChI is InChI=1S/C24H27FN4O2/c1-3-21(22-26-20-12-8-6-10-18(20)24(31)29(22)4-2)27-13-15-28(16-14-27)23(30)17-9-5-7-11-19(17)25/h5-12,21H,3-4,13-16H2,1-2H3. The first-order valence-electron chi connectivity index (χ1n) is 10.8. The van der Waals surface area contributed by atoms with Gasteiger partial charge in [-0.2, -0.15) is 0 Å². The number of para-hydroxylation sites is 1. The van der Waals surface area contributed by atoms with Gasteiger partial charge in [-0.3, -0.25) is 19.1 Å². The summed E-state index contributed by atoms with van der Waals surface area (Å²) < 4.78 is 15.8. The van der Waals surface area contributed by atoms with E-state index in [1.54, 1.807) is 21.6 Å². The molecule has 0 aliphatic carbocycles. The van der Waals surface area contributed by atoms with Gasteiger partial charge in [0, 0.05) is 32.7 Å². The first kappa shape index (κ1) is 21.2. The van der Waals surface area contributed by atoms with Gasteiger partial charge in [0.1, 0.15) is 11.6 Å². The van der Waals surface area contributed by atoms with Crippen molar-refractivity contribution in [2.75, 3.05) is 26.2 Å². The van der Waals surface area contributed by atoms with Gasteiger partial charge in [0.25, 0.3) is 11.5 Å². The maximum atomic E-state index is 14.0.